The van der Waals surface area contributed by atoms with E-state index in [0.29, 0.717) is 5.95 Å². The van der Waals surface area contributed by atoms with Gasteiger partial charge in [0.25, 0.3) is 0 Å². The summed E-state index contributed by atoms with van der Waals surface area (Å²) >= 11 is 5.06. The van der Waals surface area contributed by atoms with E-state index in [1.165, 1.54) is 5.56 Å². The second kappa shape index (κ2) is 5.55. The summed E-state index contributed by atoms with van der Waals surface area (Å²) in [6.07, 6.45) is 0. The normalized spacial score (nSPS) is 10.7. The standard InChI is InChI=1S/C11H13BrN4S/c1-2-16-10(13)14-15-11(16)17-7-8-3-5-9(12)6-4-8/h3-6H,2,7H2,1H3,(H2,13,14). The molecule has 17 heavy (non-hydrogen) atoms. The van der Waals surface area contributed by atoms with Crippen LogP contribution in [0.15, 0.2) is 33.9 Å². The zero-order chi connectivity index (χ0) is 12.3. The van der Waals surface area contributed by atoms with Crippen molar-refractivity contribution in [2.24, 2.45) is 0 Å². The van der Waals surface area contributed by atoms with Crippen LogP contribution in [0.5, 0.6) is 0 Å². The van der Waals surface area contributed by atoms with Crippen LogP contribution in [0.2, 0.25) is 0 Å². The predicted molar refractivity (Wildman–Crippen MR) is 73.8 cm³/mol. The zero-order valence-corrected chi connectivity index (χ0v) is 11.8. The van der Waals surface area contributed by atoms with Crippen molar-refractivity contribution >= 4 is 33.6 Å². The molecule has 2 N–H and O–H groups in total. The Balaban J connectivity index is 2.04. The lowest BCUT2D eigenvalue weighted by Crippen LogP contribution is -2.02. The summed E-state index contributed by atoms with van der Waals surface area (Å²) in [4.78, 5) is 0. The molecule has 1 aromatic heterocycles. The number of aromatic nitrogens is 3. The first kappa shape index (κ1) is 12.4. The van der Waals surface area contributed by atoms with Gasteiger partial charge in [0.1, 0.15) is 0 Å². The number of hydrogen-bond acceptors (Lipinski definition) is 4. The molecule has 0 saturated carbocycles. The van der Waals surface area contributed by atoms with Gasteiger partial charge in [-0.1, -0.05) is 39.8 Å². The van der Waals surface area contributed by atoms with Gasteiger partial charge in [0.2, 0.25) is 5.95 Å². The highest BCUT2D eigenvalue weighted by atomic mass is 79.9. The van der Waals surface area contributed by atoms with Crippen molar-refractivity contribution in [3.63, 3.8) is 0 Å². The average Bonchev–Trinajstić information content (AvgIpc) is 2.69. The Morgan fingerprint density at radius 3 is 2.65 bits per heavy atom. The SMILES string of the molecule is CCn1c(N)nnc1SCc1ccc(Br)cc1. The number of halogens is 1. The molecule has 0 aliphatic rings. The second-order valence-electron chi connectivity index (χ2n) is 3.50. The Morgan fingerprint density at radius 1 is 1.29 bits per heavy atom. The van der Waals surface area contributed by atoms with Gasteiger partial charge in [-0.3, -0.25) is 4.57 Å². The van der Waals surface area contributed by atoms with Crippen LogP contribution in [0.4, 0.5) is 5.95 Å². The van der Waals surface area contributed by atoms with Crippen LogP contribution in [0.25, 0.3) is 0 Å². The van der Waals surface area contributed by atoms with Gasteiger partial charge in [0.15, 0.2) is 5.16 Å². The minimum atomic E-state index is 0.478. The maximum absolute atomic E-state index is 5.71. The quantitative estimate of drug-likeness (QED) is 0.882. The number of thioether (sulfide) groups is 1. The van der Waals surface area contributed by atoms with Crippen LogP contribution in [-0.4, -0.2) is 14.8 Å². The van der Waals surface area contributed by atoms with E-state index >= 15 is 0 Å². The molecule has 0 saturated heterocycles. The molecule has 90 valence electrons. The first-order chi connectivity index (χ1) is 8.20. The van der Waals surface area contributed by atoms with Crippen molar-refractivity contribution in [1.29, 1.82) is 0 Å². The Morgan fingerprint density at radius 2 is 2.00 bits per heavy atom. The van der Waals surface area contributed by atoms with E-state index in [0.717, 1.165) is 21.9 Å². The van der Waals surface area contributed by atoms with Crippen LogP contribution >= 0.6 is 27.7 Å². The van der Waals surface area contributed by atoms with Crippen LogP contribution in [0, 0.1) is 0 Å². The summed E-state index contributed by atoms with van der Waals surface area (Å²) in [6, 6.07) is 8.25. The third kappa shape index (κ3) is 3.01. The highest BCUT2D eigenvalue weighted by Crippen LogP contribution is 2.23. The van der Waals surface area contributed by atoms with Crippen LogP contribution in [0.3, 0.4) is 0 Å². The fourth-order valence-corrected chi connectivity index (χ4v) is 2.66. The fraction of sp³-hybridized carbons (Fsp3) is 0.273. The first-order valence-electron chi connectivity index (χ1n) is 5.26. The summed E-state index contributed by atoms with van der Waals surface area (Å²) in [5, 5.41) is 8.81. The highest BCUT2D eigenvalue weighted by molar-refractivity contribution is 9.10. The number of rotatable bonds is 4. The van der Waals surface area contributed by atoms with Crippen molar-refractivity contribution in [3.05, 3.63) is 34.3 Å². The minimum absolute atomic E-state index is 0.478. The summed E-state index contributed by atoms with van der Waals surface area (Å²) in [6.45, 7) is 2.82. The first-order valence-corrected chi connectivity index (χ1v) is 7.04. The average molecular weight is 313 g/mol. The molecule has 1 aromatic carbocycles. The van der Waals surface area contributed by atoms with Crippen molar-refractivity contribution < 1.29 is 0 Å². The van der Waals surface area contributed by atoms with Crippen LogP contribution < -0.4 is 5.73 Å². The molecular formula is C11H13BrN4S. The van der Waals surface area contributed by atoms with Crippen LogP contribution in [-0.2, 0) is 12.3 Å². The molecule has 0 unspecified atom stereocenters. The second-order valence-corrected chi connectivity index (χ2v) is 5.36. The van der Waals surface area contributed by atoms with E-state index in [9.17, 15) is 0 Å². The van der Waals surface area contributed by atoms with Gasteiger partial charge in [-0.2, -0.15) is 0 Å². The monoisotopic (exact) mass is 312 g/mol. The maximum atomic E-state index is 5.71. The molecule has 6 heteroatoms. The smallest absolute Gasteiger partial charge is 0.222 e. The molecule has 0 aliphatic carbocycles. The molecule has 0 spiro atoms. The number of hydrogen-bond donors (Lipinski definition) is 1. The topological polar surface area (TPSA) is 56.7 Å². The third-order valence-electron chi connectivity index (χ3n) is 2.34. The van der Waals surface area contributed by atoms with E-state index in [2.05, 4.69) is 38.3 Å². The van der Waals surface area contributed by atoms with Gasteiger partial charge in [0, 0.05) is 16.8 Å². The van der Waals surface area contributed by atoms with E-state index in [-0.39, 0.29) is 0 Å². The van der Waals surface area contributed by atoms with Gasteiger partial charge >= 0.3 is 0 Å². The number of nitrogens with two attached hydrogens (primary N) is 1. The molecule has 0 radical (unpaired) electrons. The predicted octanol–water partition coefficient (Wildman–Crippen LogP) is 2.94. The van der Waals surface area contributed by atoms with Gasteiger partial charge in [-0.25, -0.2) is 0 Å². The van der Waals surface area contributed by atoms with Gasteiger partial charge in [-0.15, -0.1) is 10.2 Å². The third-order valence-corrected chi connectivity index (χ3v) is 3.91. The molecule has 4 nitrogen and oxygen atoms in total. The number of nitrogens with zero attached hydrogens (tertiary/aromatic N) is 3. The maximum Gasteiger partial charge on any atom is 0.222 e. The number of anilines is 1. The lowest BCUT2D eigenvalue weighted by molar-refractivity contribution is 0.689. The molecule has 0 bridgehead atoms. The Bertz CT molecular complexity index is 495. The zero-order valence-electron chi connectivity index (χ0n) is 9.43. The van der Waals surface area contributed by atoms with E-state index < -0.39 is 0 Å². The molecule has 1 heterocycles. The molecule has 0 aliphatic heterocycles. The van der Waals surface area contributed by atoms with Crippen molar-refractivity contribution in [3.8, 4) is 0 Å². The van der Waals surface area contributed by atoms with E-state index in [4.69, 9.17) is 5.73 Å². The summed E-state index contributed by atoms with van der Waals surface area (Å²) in [5.41, 5.74) is 6.96. The van der Waals surface area contributed by atoms with Crippen molar-refractivity contribution in [2.75, 3.05) is 5.73 Å². The van der Waals surface area contributed by atoms with E-state index in [1.807, 2.05) is 23.6 Å². The van der Waals surface area contributed by atoms with Crippen LogP contribution in [0.1, 0.15) is 12.5 Å². The molecule has 0 atom stereocenters. The van der Waals surface area contributed by atoms with Gasteiger partial charge in [-0.05, 0) is 24.6 Å². The highest BCUT2D eigenvalue weighted by Gasteiger charge is 2.08. The Hall–Kier alpha value is -1.01. The lowest BCUT2D eigenvalue weighted by Gasteiger charge is -2.04. The van der Waals surface area contributed by atoms with E-state index in [1.54, 1.807) is 11.8 Å². The molecule has 2 aromatic rings. The fourth-order valence-electron chi connectivity index (χ4n) is 1.43. The molecule has 2 rings (SSSR count). The Labute approximate surface area is 113 Å². The summed E-state index contributed by atoms with van der Waals surface area (Å²) in [7, 11) is 0. The summed E-state index contributed by atoms with van der Waals surface area (Å²) < 4.78 is 3.00. The Kier molecular flexibility index (Phi) is 4.06. The van der Waals surface area contributed by atoms with Gasteiger partial charge < -0.3 is 5.73 Å². The summed E-state index contributed by atoms with van der Waals surface area (Å²) in [5.74, 6) is 1.34. The number of benzene rings is 1. The number of nitrogen functional groups attached to an aromatic ring is 1. The molecule has 0 amide bonds. The molecular weight excluding hydrogens is 300 g/mol. The minimum Gasteiger partial charge on any atom is -0.368 e. The van der Waals surface area contributed by atoms with Crippen molar-refractivity contribution in [1.82, 2.24) is 14.8 Å². The lowest BCUT2D eigenvalue weighted by atomic mass is 10.2. The largest absolute Gasteiger partial charge is 0.368 e. The van der Waals surface area contributed by atoms with Crippen molar-refractivity contribution in [2.45, 2.75) is 24.4 Å². The molecule has 0 fully saturated rings. The van der Waals surface area contributed by atoms with Gasteiger partial charge in [0.05, 0.1) is 0 Å².